The maximum Gasteiger partial charge on any atom is 0.241 e. The molecule has 0 bridgehead atoms. The number of hydrogen-bond donors (Lipinski definition) is 2. The van der Waals surface area contributed by atoms with Gasteiger partial charge >= 0.3 is 0 Å². The number of carbonyl (C=O) groups excluding carboxylic acids is 1. The van der Waals surface area contributed by atoms with Crippen LogP contribution in [0.5, 0.6) is 0 Å². The second-order valence-corrected chi connectivity index (χ2v) is 4.70. The van der Waals surface area contributed by atoms with Gasteiger partial charge in [-0.25, -0.2) is 9.67 Å². The lowest BCUT2D eigenvalue weighted by Gasteiger charge is -2.23. The van der Waals surface area contributed by atoms with E-state index in [1.807, 2.05) is 0 Å². The molecular formula is C11H20N6O. The van der Waals surface area contributed by atoms with Gasteiger partial charge in [-0.2, -0.15) is 0 Å². The van der Waals surface area contributed by atoms with E-state index in [9.17, 15) is 4.79 Å². The van der Waals surface area contributed by atoms with Crippen molar-refractivity contribution >= 4 is 11.9 Å². The minimum Gasteiger partial charge on any atom is -0.367 e. The van der Waals surface area contributed by atoms with Crippen LogP contribution in [0.3, 0.4) is 0 Å². The number of nitrogen functional groups attached to an aromatic ring is 1. The molecule has 0 saturated carbocycles. The quantitative estimate of drug-likeness (QED) is 0.734. The molecule has 18 heavy (non-hydrogen) atoms. The molecule has 2 rings (SSSR count). The fraction of sp³-hybridized carbons (Fsp3) is 0.727. The third-order valence-corrected chi connectivity index (χ3v) is 3.22. The van der Waals surface area contributed by atoms with Crippen LogP contribution in [-0.4, -0.2) is 51.2 Å². The summed E-state index contributed by atoms with van der Waals surface area (Å²) in [5.41, 5.74) is 5.38. The number of amides is 1. The SMILES string of the molecule is CC(CNC(=O)Cn1cnc(N)n1)N1CCCC1. The molecule has 0 aromatic carbocycles. The molecule has 7 heteroatoms. The molecular weight excluding hydrogens is 232 g/mol. The fourth-order valence-corrected chi connectivity index (χ4v) is 2.16. The van der Waals surface area contributed by atoms with Gasteiger partial charge in [-0.1, -0.05) is 0 Å². The predicted octanol–water partition coefficient (Wildman–Crippen LogP) is -0.539. The maximum atomic E-state index is 11.7. The van der Waals surface area contributed by atoms with Crippen LogP contribution in [0.1, 0.15) is 19.8 Å². The standard InChI is InChI=1S/C11H20N6O/c1-9(16-4-2-3-5-16)6-13-10(18)7-17-8-14-11(12)15-17/h8-9H,2-7H2,1H3,(H2,12,15)(H,13,18). The van der Waals surface area contributed by atoms with E-state index in [1.54, 1.807) is 0 Å². The highest BCUT2D eigenvalue weighted by atomic mass is 16.2. The van der Waals surface area contributed by atoms with Crippen molar-refractivity contribution in [2.24, 2.45) is 0 Å². The lowest BCUT2D eigenvalue weighted by molar-refractivity contribution is -0.122. The zero-order valence-electron chi connectivity index (χ0n) is 10.7. The third kappa shape index (κ3) is 3.43. The van der Waals surface area contributed by atoms with Crippen LogP contribution in [0.4, 0.5) is 5.95 Å². The smallest absolute Gasteiger partial charge is 0.241 e. The molecule has 2 heterocycles. The Balaban J connectivity index is 1.71. The van der Waals surface area contributed by atoms with Gasteiger partial charge < -0.3 is 11.1 Å². The van der Waals surface area contributed by atoms with E-state index in [0.29, 0.717) is 12.6 Å². The average molecular weight is 252 g/mol. The number of anilines is 1. The highest BCUT2D eigenvalue weighted by Gasteiger charge is 2.18. The van der Waals surface area contributed by atoms with Crippen molar-refractivity contribution in [1.29, 1.82) is 0 Å². The lowest BCUT2D eigenvalue weighted by atomic mass is 10.3. The first kappa shape index (κ1) is 12.8. The molecule has 3 N–H and O–H groups in total. The van der Waals surface area contributed by atoms with Crippen molar-refractivity contribution in [2.75, 3.05) is 25.4 Å². The number of likely N-dealkylation sites (tertiary alicyclic amines) is 1. The molecule has 1 fully saturated rings. The summed E-state index contributed by atoms with van der Waals surface area (Å²) in [5, 5.41) is 6.77. The minimum atomic E-state index is -0.0639. The van der Waals surface area contributed by atoms with Gasteiger partial charge in [0.05, 0.1) is 0 Å². The Morgan fingerprint density at radius 3 is 2.89 bits per heavy atom. The summed E-state index contributed by atoms with van der Waals surface area (Å²) in [6, 6.07) is 0.386. The first-order chi connectivity index (χ1) is 8.65. The van der Waals surface area contributed by atoms with Crippen molar-refractivity contribution in [3.05, 3.63) is 6.33 Å². The Bertz CT molecular complexity index is 398. The molecule has 1 aromatic heterocycles. The Labute approximate surface area is 106 Å². The van der Waals surface area contributed by atoms with Gasteiger partial charge in [0, 0.05) is 12.6 Å². The van der Waals surface area contributed by atoms with Crippen molar-refractivity contribution in [2.45, 2.75) is 32.4 Å². The first-order valence-corrected chi connectivity index (χ1v) is 6.31. The zero-order chi connectivity index (χ0) is 13.0. The average Bonchev–Trinajstić information content (AvgIpc) is 2.97. The number of rotatable bonds is 5. The monoisotopic (exact) mass is 252 g/mol. The molecule has 100 valence electrons. The number of hydrogen-bond acceptors (Lipinski definition) is 5. The molecule has 1 aromatic rings. The topological polar surface area (TPSA) is 89.1 Å². The van der Waals surface area contributed by atoms with Crippen molar-refractivity contribution < 1.29 is 4.79 Å². The van der Waals surface area contributed by atoms with E-state index >= 15 is 0 Å². The number of nitrogens with one attached hydrogen (secondary N) is 1. The van der Waals surface area contributed by atoms with Crippen LogP contribution in [0, 0.1) is 0 Å². The van der Waals surface area contributed by atoms with Crippen LogP contribution >= 0.6 is 0 Å². The number of aromatic nitrogens is 3. The third-order valence-electron chi connectivity index (χ3n) is 3.22. The van der Waals surface area contributed by atoms with E-state index < -0.39 is 0 Å². The predicted molar refractivity (Wildman–Crippen MR) is 67.7 cm³/mol. The first-order valence-electron chi connectivity index (χ1n) is 6.31. The van der Waals surface area contributed by atoms with Gasteiger partial charge in [0.15, 0.2) is 0 Å². The summed E-state index contributed by atoms with van der Waals surface area (Å²) in [4.78, 5) is 17.8. The molecule has 1 amide bonds. The highest BCUT2D eigenvalue weighted by Crippen LogP contribution is 2.10. The summed E-state index contributed by atoms with van der Waals surface area (Å²) in [7, 11) is 0. The summed E-state index contributed by atoms with van der Waals surface area (Å²) in [6.45, 7) is 5.24. The molecule has 1 aliphatic heterocycles. The van der Waals surface area contributed by atoms with Gasteiger partial charge in [-0.15, -0.1) is 5.10 Å². The van der Waals surface area contributed by atoms with Crippen LogP contribution in [0.2, 0.25) is 0 Å². The summed E-state index contributed by atoms with van der Waals surface area (Å²) < 4.78 is 1.44. The second kappa shape index (κ2) is 5.81. The van der Waals surface area contributed by atoms with Crippen molar-refractivity contribution in [3.63, 3.8) is 0 Å². The van der Waals surface area contributed by atoms with Crippen LogP contribution < -0.4 is 11.1 Å². The van der Waals surface area contributed by atoms with E-state index in [4.69, 9.17) is 5.73 Å². The van der Waals surface area contributed by atoms with E-state index in [0.717, 1.165) is 13.1 Å². The lowest BCUT2D eigenvalue weighted by Crippen LogP contribution is -2.41. The molecule has 1 saturated heterocycles. The second-order valence-electron chi connectivity index (χ2n) is 4.70. The van der Waals surface area contributed by atoms with Gasteiger partial charge in [-0.3, -0.25) is 9.69 Å². The molecule has 1 atom stereocenters. The molecule has 1 unspecified atom stereocenters. The Morgan fingerprint density at radius 1 is 1.56 bits per heavy atom. The molecule has 1 aliphatic rings. The molecule has 0 radical (unpaired) electrons. The minimum absolute atomic E-state index is 0.0639. The number of carbonyl (C=O) groups is 1. The van der Waals surface area contributed by atoms with Gasteiger partial charge in [0.2, 0.25) is 11.9 Å². The van der Waals surface area contributed by atoms with E-state index in [2.05, 4.69) is 27.2 Å². The highest BCUT2D eigenvalue weighted by molar-refractivity contribution is 5.75. The summed E-state index contributed by atoms with van der Waals surface area (Å²) in [5.74, 6) is 0.124. The van der Waals surface area contributed by atoms with Crippen LogP contribution in [0.25, 0.3) is 0 Å². The van der Waals surface area contributed by atoms with Gasteiger partial charge in [-0.05, 0) is 32.9 Å². The van der Waals surface area contributed by atoms with Crippen molar-refractivity contribution in [1.82, 2.24) is 25.0 Å². The summed E-state index contributed by atoms with van der Waals surface area (Å²) in [6.07, 6.45) is 3.98. The normalized spacial score (nSPS) is 17.8. The Morgan fingerprint density at radius 2 is 2.28 bits per heavy atom. The molecule has 7 nitrogen and oxygen atoms in total. The van der Waals surface area contributed by atoms with Crippen molar-refractivity contribution in [3.8, 4) is 0 Å². The van der Waals surface area contributed by atoms with E-state index in [-0.39, 0.29) is 18.4 Å². The number of nitrogens with two attached hydrogens (primary N) is 1. The molecule has 0 aliphatic carbocycles. The van der Waals surface area contributed by atoms with Gasteiger partial charge in [0.25, 0.3) is 0 Å². The fourth-order valence-electron chi connectivity index (χ4n) is 2.16. The summed E-state index contributed by atoms with van der Waals surface area (Å²) >= 11 is 0. The largest absolute Gasteiger partial charge is 0.367 e. The van der Waals surface area contributed by atoms with E-state index in [1.165, 1.54) is 23.9 Å². The van der Waals surface area contributed by atoms with Crippen LogP contribution in [-0.2, 0) is 11.3 Å². The van der Waals surface area contributed by atoms with Crippen LogP contribution in [0.15, 0.2) is 6.33 Å². The zero-order valence-corrected chi connectivity index (χ0v) is 10.7. The number of nitrogens with zero attached hydrogens (tertiary/aromatic N) is 4. The molecule has 0 spiro atoms. The Hall–Kier alpha value is -1.63. The van der Waals surface area contributed by atoms with Gasteiger partial charge in [0.1, 0.15) is 12.9 Å². The maximum absolute atomic E-state index is 11.7. The Kier molecular flexibility index (Phi) is 4.14.